The van der Waals surface area contributed by atoms with Gasteiger partial charge in [-0.1, -0.05) is 42.1 Å². The summed E-state index contributed by atoms with van der Waals surface area (Å²) in [5, 5.41) is 22.3. The zero-order valence-corrected chi connectivity index (χ0v) is 19.1. The Morgan fingerprint density at radius 2 is 1.94 bits per heavy atom. The predicted octanol–water partition coefficient (Wildman–Crippen LogP) is 3.78. The van der Waals surface area contributed by atoms with Crippen LogP contribution >= 0.6 is 11.8 Å². The average Bonchev–Trinajstić information content (AvgIpc) is 3.54. The second-order valence-corrected chi connectivity index (χ2v) is 8.31. The Morgan fingerprint density at radius 3 is 2.80 bits per heavy atom. The number of carbonyl (C=O) groups excluding carboxylic acids is 1. The topological polar surface area (TPSA) is 114 Å². The predicted molar refractivity (Wildman–Crippen MR) is 131 cm³/mol. The van der Waals surface area contributed by atoms with Crippen molar-refractivity contribution in [3.05, 3.63) is 83.9 Å². The van der Waals surface area contributed by atoms with Crippen LogP contribution in [0.4, 0.5) is 0 Å². The number of benzene rings is 3. The first-order valence-electron chi connectivity index (χ1n) is 10.6. The van der Waals surface area contributed by atoms with E-state index in [1.807, 2.05) is 53.1 Å². The third-order valence-corrected chi connectivity index (χ3v) is 5.96. The molecule has 0 saturated heterocycles. The molecule has 172 valence electrons. The van der Waals surface area contributed by atoms with E-state index in [-0.39, 0.29) is 18.5 Å². The first-order chi connectivity index (χ1) is 17.2. The first-order valence-corrected chi connectivity index (χ1v) is 11.6. The Morgan fingerprint density at radius 1 is 1.09 bits per heavy atom. The fraction of sp³-hybridized carbons (Fsp3) is 0.0800. The molecule has 1 aliphatic rings. The van der Waals surface area contributed by atoms with E-state index in [1.165, 1.54) is 18.0 Å². The SMILES string of the molecule is N#Cc1cccc(/C=N/NC(=O)CSc2nnc(-c3ccc4c(c3)OCO4)n2-c2ccccc2)c1. The number of carbonyl (C=O) groups is 1. The number of rotatable bonds is 7. The first kappa shape index (κ1) is 22.2. The molecular formula is C25H18N6O3S. The molecule has 0 atom stereocenters. The van der Waals surface area contributed by atoms with Crippen LogP contribution in [0.2, 0.25) is 0 Å². The molecule has 3 aromatic carbocycles. The molecule has 0 unspecified atom stereocenters. The number of nitrogens with zero attached hydrogens (tertiary/aromatic N) is 5. The van der Waals surface area contributed by atoms with E-state index in [4.69, 9.17) is 14.7 Å². The van der Waals surface area contributed by atoms with E-state index in [1.54, 1.807) is 24.3 Å². The van der Waals surface area contributed by atoms with E-state index in [2.05, 4.69) is 26.8 Å². The van der Waals surface area contributed by atoms with Crippen LogP contribution in [0, 0.1) is 11.3 Å². The lowest BCUT2D eigenvalue weighted by Gasteiger charge is -2.10. The van der Waals surface area contributed by atoms with Gasteiger partial charge in [0.1, 0.15) is 0 Å². The highest BCUT2D eigenvalue weighted by molar-refractivity contribution is 7.99. The van der Waals surface area contributed by atoms with Crippen molar-refractivity contribution in [2.24, 2.45) is 5.10 Å². The van der Waals surface area contributed by atoms with Crippen LogP contribution in [0.25, 0.3) is 17.1 Å². The highest BCUT2D eigenvalue weighted by Gasteiger charge is 2.20. The van der Waals surface area contributed by atoms with E-state index in [0.717, 1.165) is 11.3 Å². The standard InChI is InChI=1S/C25H18N6O3S/c26-13-17-5-4-6-18(11-17)14-27-28-23(32)15-35-25-30-29-24(31(25)20-7-2-1-3-8-20)19-9-10-21-22(12-19)34-16-33-21/h1-12,14H,15-16H2,(H,28,32)/b27-14+. The van der Waals surface area contributed by atoms with Gasteiger partial charge in [0.15, 0.2) is 22.5 Å². The van der Waals surface area contributed by atoms with Gasteiger partial charge in [-0.2, -0.15) is 10.4 Å². The lowest BCUT2D eigenvalue weighted by atomic mass is 10.1. The number of thioether (sulfide) groups is 1. The molecule has 0 spiro atoms. The van der Waals surface area contributed by atoms with Crippen molar-refractivity contribution in [3.63, 3.8) is 0 Å². The molecule has 2 heterocycles. The molecule has 35 heavy (non-hydrogen) atoms. The summed E-state index contributed by atoms with van der Waals surface area (Å²) in [7, 11) is 0. The van der Waals surface area contributed by atoms with Crippen molar-refractivity contribution in [1.82, 2.24) is 20.2 Å². The minimum Gasteiger partial charge on any atom is -0.454 e. The van der Waals surface area contributed by atoms with Crippen molar-refractivity contribution in [2.75, 3.05) is 12.5 Å². The van der Waals surface area contributed by atoms with Gasteiger partial charge < -0.3 is 9.47 Å². The zero-order chi connectivity index (χ0) is 24.0. The van der Waals surface area contributed by atoms with E-state index >= 15 is 0 Å². The molecule has 0 bridgehead atoms. The normalized spacial score (nSPS) is 12.0. The summed E-state index contributed by atoms with van der Waals surface area (Å²) < 4.78 is 12.8. The second-order valence-electron chi connectivity index (χ2n) is 7.36. The Bertz CT molecular complexity index is 1450. The van der Waals surface area contributed by atoms with Gasteiger partial charge in [0.2, 0.25) is 6.79 Å². The molecular weight excluding hydrogens is 464 g/mol. The Balaban J connectivity index is 1.33. The number of nitrogens with one attached hydrogen (secondary N) is 1. The quantitative estimate of drug-likeness (QED) is 0.242. The van der Waals surface area contributed by atoms with E-state index in [9.17, 15) is 4.79 Å². The Kier molecular flexibility index (Phi) is 6.41. The number of nitriles is 1. The molecule has 1 aromatic heterocycles. The lowest BCUT2D eigenvalue weighted by molar-refractivity contribution is -0.118. The molecule has 1 amide bonds. The van der Waals surface area contributed by atoms with E-state index in [0.29, 0.717) is 33.6 Å². The molecule has 0 aliphatic carbocycles. The highest BCUT2D eigenvalue weighted by atomic mass is 32.2. The summed E-state index contributed by atoms with van der Waals surface area (Å²) in [5.41, 5.74) is 5.42. The van der Waals surface area contributed by atoms with Gasteiger partial charge in [-0.3, -0.25) is 9.36 Å². The molecule has 0 saturated carbocycles. The molecule has 9 nitrogen and oxygen atoms in total. The van der Waals surface area contributed by atoms with Gasteiger partial charge >= 0.3 is 0 Å². The van der Waals surface area contributed by atoms with Crippen LogP contribution < -0.4 is 14.9 Å². The molecule has 4 aromatic rings. The minimum absolute atomic E-state index is 0.0850. The van der Waals surface area contributed by atoms with Crippen molar-refractivity contribution in [1.29, 1.82) is 5.26 Å². The van der Waals surface area contributed by atoms with Crippen molar-refractivity contribution in [3.8, 4) is 34.6 Å². The van der Waals surface area contributed by atoms with Crippen LogP contribution in [0.1, 0.15) is 11.1 Å². The van der Waals surface area contributed by atoms with Crippen LogP contribution in [-0.2, 0) is 4.79 Å². The summed E-state index contributed by atoms with van der Waals surface area (Å²) in [5.74, 6) is 1.74. The monoisotopic (exact) mass is 482 g/mol. The second kappa shape index (κ2) is 10.1. The smallest absolute Gasteiger partial charge is 0.250 e. The molecule has 0 radical (unpaired) electrons. The minimum atomic E-state index is -0.296. The number of amides is 1. The van der Waals surface area contributed by atoms with Crippen molar-refractivity contribution < 1.29 is 14.3 Å². The fourth-order valence-electron chi connectivity index (χ4n) is 3.43. The number of hydrogen-bond donors (Lipinski definition) is 1. The summed E-state index contributed by atoms with van der Waals surface area (Å²) in [4.78, 5) is 12.4. The van der Waals surface area contributed by atoms with Gasteiger partial charge in [-0.25, -0.2) is 5.43 Å². The maximum atomic E-state index is 12.4. The largest absolute Gasteiger partial charge is 0.454 e. The summed E-state index contributed by atoms with van der Waals surface area (Å²) in [6.45, 7) is 0.187. The van der Waals surface area contributed by atoms with Crippen LogP contribution in [-0.4, -0.2) is 39.4 Å². The maximum Gasteiger partial charge on any atom is 0.250 e. The van der Waals surface area contributed by atoms with Gasteiger partial charge in [0, 0.05) is 11.3 Å². The molecule has 10 heteroatoms. The molecule has 5 rings (SSSR count). The van der Waals surface area contributed by atoms with Crippen molar-refractivity contribution >= 4 is 23.9 Å². The lowest BCUT2D eigenvalue weighted by Crippen LogP contribution is -2.20. The summed E-state index contributed by atoms with van der Waals surface area (Å²) in [6, 6.07) is 24.3. The number of hydrogen-bond acceptors (Lipinski definition) is 8. The number of aromatic nitrogens is 3. The van der Waals surface area contributed by atoms with Gasteiger partial charge in [0.05, 0.1) is 23.6 Å². The third-order valence-electron chi connectivity index (χ3n) is 5.03. The molecule has 1 aliphatic heterocycles. The summed E-state index contributed by atoms with van der Waals surface area (Å²) in [6.07, 6.45) is 1.49. The molecule has 0 fully saturated rings. The maximum absolute atomic E-state index is 12.4. The van der Waals surface area contributed by atoms with Gasteiger partial charge in [-0.15, -0.1) is 10.2 Å². The molecule has 1 N–H and O–H groups in total. The Labute approximate surface area is 205 Å². The number of fused-ring (bicyclic) bond motifs is 1. The van der Waals surface area contributed by atoms with E-state index < -0.39 is 0 Å². The zero-order valence-electron chi connectivity index (χ0n) is 18.3. The van der Waals surface area contributed by atoms with Crippen LogP contribution in [0.5, 0.6) is 11.5 Å². The van der Waals surface area contributed by atoms with Gasteiger partial charge in [0.25, 0.3) is 5.91 Å². The highest BCUT2D eigenvalue weighted by Crippen LogP contribution is 2.37. The summed E-state index contributed by atoms with van der Waals surface area (Å²) >= 11 is 1.25. The third kappa shape index (κ3) is 5.00. The fourth-order valence-corrected chi connectivity index (χ4v) is 4.17. The number of para-hydroxylation sites is 1. The van der Waals surface area contributed by atoms with Gasteiger partial charge in [-0.05, 0) is 48.0 Å². The number of ether oxygens (including phenoxy) is 2. The average molecular weight is 483 g/mol. The van der Waals surface area contributed by atoms with Crippen LogP contribution in [0.15, 0.2) is 83.1 Å². The van der Waals surface area contributed by atoms with Crippen molar-refractivity contribution in [2.45, 2.75) is 5.16 Å². The Hall–Kier alpha value is -4.62. The number of hydrazone groups is 1. The van der Waals surface area contributed by atoms with Crippen LogP contribution in [0.3, 0.4) is 0 Å².